The Hall–Kier alpha value is -1.83. The zero-order chi connectivity index (χ0) is 17.1. The Balaban J connectivity index is 2.51. The fraction of sp³-hybridized carbons (Fsp3) is 0.316. The molecule has 0 bridgehead atoms. The fourth-order valence-corrected chi connectivity index (χ4v) is 3.82. The number of carbonyl (C=O) groups excluding carboxylic acids is 1. The van der Waals surface area contributed by atoms with E-state index >= 15 is 0 Å². The molecule has 0 N–H and O–H groups in total. The lowest BCUT2D eigenvalue weighted by Gasteiger charge is -2.10. The highest BCUT2D eigenvalue weighted by Gasteiger charge is 2.31. The molecule has 1 unspecified atom stereocenters. The molecule has 0 aliphatic heterocycles. The maximum Gasteiger partial charge on any atom is 0.549 e. The van der Waals surface area contributed by atoms with Gasteiger partial charge in [0.05, 0.1) is 5.56 Å². The average Bonchev–Trinajstić information content (AvgIpc) is 2.45. The van der Waals surface area contributed by atoms with E-state index in [0.29, 0.717) is 16.4 Å². The molecular weight excluding hydrogens is 307 g/mol. The smallest absolute Gasteiger partial charge is 0.288 e. The summed E-state index contributed by atoms with van der Waals surface area (Å²) in [7, 11) is -2.06. The van der Waals surface area contributed by atoms with Crippen molar-refractivity contribution in [2.75, 3.05) is 0 Å². The van der Waals surface area contributed by atoms with Crippen molar-refractivity contribution in [3.8, 4) is 0 Å². The first-order chi connectivity index (χ1) is 10.8. The molecule has 2 rings (SSSR count). The van der Waals surface area contributed by atoms with Crippen molar-refractivity contribution in [1.29, 1.82) is 0 Å². The van der Waals surface area contributed by atoms with Crippen LogP contribution in [0.3, 0.4) is 0 Å². The third-order valence-electron chi connectivity index (χ3n) is 3.56. The Kier molecular flexibility index (Phi) is 5.46. The van der Waals surface area contributed by atoms with Gasteiger partial charge in [0.15, 0.2) is 5.78 Å². The second kappa shape index (κ2) is 7.16. The Bertz CT molecular complexity index is 740. The van der Waals surface area contributed by atoms with E-state index in [1.165, 1.54) is 0 Å². The number of rotatable bonds is 5. The first-order valence-electron chi connectivity index (χ1n) is 7.67. The van der Waals surface area contributed by atoms with Gasteiger partial charge < -0.3 is 0 Å². The lowest BCUT2D eigenvalue weighted by Crippen LogP contribution is -2.16. The highest BCUT2D eigenvalue weighted by Crippen LogP contribution is 2.28. The number of aryl methyl sites for hydroxylation is 3. The Labute approximate surface area is 138 Å². The van der Waals surface area contributed by atoms with E-state index in [1.807, 2.05) is 46.8 Å². The second-order valence-electron chi connectivity index (χ2n) is 6.03. The molecule has 0 radical (unpaired) electrons. The van der Waals surface area contributed by atoms with Crippen molar-refractivity contribution in [2.45, 2.75) is 40.7 Å². The van der Waals surface area contributed by atoms with Crippen molar-refractivity contribution in [3.63, 3.8) is 0 Å². The molecule has 0 aliphatic rings. The van der Waals surface area contributed by atoms with Gasteiger partial charge in [-0.3, -0.25) is 4.79 Å². The van der Waals surface area contributed by atoms with Gasteiger partial charge in [0.1, 0.15) is 6.10 Å². The van der Waals surface area contributed by atoms with Crippen molar-refractivity contribution >= 4 is 19.1 Å². The summed E-state index contributed by atoms with van der Waals surface area (Å²) in [6.07, 6.45) is -0.162. The highest BCUT2D eigenvalue weighted by atomic mass is 31.1. The Morgan fingerprint density at radius 2 is 1.61 bits per heavy atom. The van der Waals surface area contributed by atoms with Gasteiger partial charge in [0.2, 0.25) is 5.30 Å². The van der Waals surface area contributed by atoms with Crippen LogP contribution in [-0.2, 0) is 9.09 Å². The average molecular weight is 329 g/mol. The van der Waals surface area contributed by atoms with E-state index < -0.39 is 8.03 Å². The van der Waals surface area contributed by atoms with Crippen molar-refractivity contribution in [2.24, 2.45) is 0 Å². The molecule has 0 amide bonds. The zero-order valence-corrected chi connectivity index (χ0v) is 15.1. The van der Waals surface area contributed by atoms with Crippen LogP contribution in [0, 0.1) is 20.8 Å². The zero-order valence-electron chi connectivity index (χ0n) is 14.2. The van der Waals surface area contributed by atoms with E-state index in [4.69, 9.17) is 4.52 Å². The van der Waals surface area contributed by atoms with E-state index in [-0.39, 0.29) is 11.9 Å². The molecule has 0 heterocycles. The van der Waals surface area contributed by atoms with Crippen LogP contribution < -0.4 is 5.30 Å². The number of carbonyl (C=O) groups is 1. The molecule has 0 aliphatic carbocycles. The summed E-state index contributed by atoms with van der Waals surface area (Å²) in [5.74, 6) is -0.105. The van der Waals surface area contributed by atoms with Crippen LogP contribution in [0.15, 0.2) is 36.4 Å². The molecule has 4 heteroatoms. The molecule has 2 aromatic carbocycles. The van der Waals surface area contributed by atoms with Gasteiger partial charge in [-0.15, -0.1) is 4.52 Å². The highest BCUT2D eigenvalue weighted by molar-refractivity contribution is 7.48. The molecule has 0 saturated carbocycles. The van der Waals surface area contributed by atoms with Gasteiger partial charge >= 0.3 is 8.03 Å². The normalized spacial score (nSPS) is 11.7. The molecule has 1 atom stereocenters. The maximum atomic E-state index is 13.0. The number of benzene rings is 2. The standard InChI is InChI=1S/C19H22O3P/c1-12(2)22-23(21)17-9-7-6-8-16(17)19(20)18-14(4)10-13(3)11-15(18)5/h6-12H,1-5H3/q+1. The number of ketones is 1. The minimum Gasteiger partial charge on any atom is -0.288 e. The van der Waals surface area contributed by atoms with Crippen molar-refractivity contribution < 1.29 is 13.9 Å². The van der Waals surface area contributed by atoms with Gasteiger partial charge in [0, 0.05) is 5.56 Å². The molecule has 0 saturated heterocycles. The molecule has 2 aromatic rings. The van der Waals surface area contributed by atoms with Crippen LogP contribution in [0.2, 0.25) is 0 Å². The minimum atomic E-state index is -2.06. The maximum absolute atomic E-state index is 13.0. The Morgan fingerprint density at radius 1 is 1.04 bits per heavy atom. The number of hydrogen-bond donors (Lipinski definition) is 0. The lowest BCUT2D eigenvalue weighted by molar-refractivity contribution is 0.103. The summed E-state index contributed by atoms with van der Waals surface area (Å²) >= 11 is 0. The predicted molar refractivity (Wildman–Crippen MR) is 94.0 cm³/mol. The van der Waals surface area contributed by atoms with Crippen LogP contribution in [0.1, 0.15) is 46.5 Å². The molecule has 120 valence electrons. The van der Waals surface area contributed by atoms with Gasteiger partial charge in [-0.1, -0.05) is 29.8 Å². The van der Waals surface area contributed by atoms with Crippen LogP contribution in [-0.4, -0.2) is 11.9 Å². The molecule has 3 nitrogen and oxygen atoms in total. The van der Waals surface area contributed by atoms with Gasteiger partial charge in [-0.05, 0) is 62.4 Å². The van der Waals surface area contributed by atoms with Crippen LogP contribution in [0.4, 0.5) is 0 Å². The minimum absolute atomic E-state index is 0.105. The quantitative estimate of drug-likeness (QED) is 0.593. The van der Waals surface area contributed by atoms with Crippen LogP contribution >= 0.6 is 8.03 Å². The second-order valence-corrected chi connectivity index (χ2v) is 7.24. The summed E-state index contributed by atoms with van der Waals surface area (Å²) < 4.78 is 17.8. The molecule has 0 spiro atoms. The predicted octanol–water partition coefficient (Wildman–Crippen LogP) is 4.64. The third-order valence-corrected chi connectivity index (χ3v) is 4.95. The monoisotopic (exact) mass is 329 g/mol. The largest absolute Gasteiger partial charge is 0.549 e. The van der Waals surface area contributed by atoms with E-state index in [0.717, 1.165) is 16.7 Å². The van der Waals surface area contributed by atoms with Gasteiger partial charge in [-0.2, -0.15) is 0 Å². The number of hydrogen-bond acceptors (Lipinski definition) is 3. The first kappa shape index (κ1) is 17.5. The molecule has 0 aromatic heterocycles. The summed E-state index contributed by atoms with van der Waals surface area (Å²) in [6, 6.07) is 11.0. The third kappa shape index (κ3) is 3.93. The fourth-order valence-electron chi connectivity index (χ4n) is 2.75. The lowest BCUT2D eigenvalue weighted by atomic mass is 9.93. The van der Waals surface area contributed by atoms with Gasteiger partial charge in [-0.25, -0.2) is 0 Å². The molecule has 0 fully saturated rings. The van der Waals surface area contributed by atoms with E-state index in [2.05, 4.69) is 0 Å². The van der Waals surface area contributed by atoms with Gasteiger partial charge in [0.25, 0.3) is 0 Å². The SMILES string of the molecule is Cc1cc(C)c(C(=O)c2ccccc2[P+](=O)OC(C)C)c(C)c1. The molecular formula is C19H22O3P+. The Morgan fingerprint density at radius 3 is 2.17 bits per heavy atom. The summed E-state index contributed by atoms with van der Waals surface area (Å²) in [5, 5.41) is 0.459. The molecule has 23 heavy (non-hydrogen) atoms. The summed E-state index contributed by atoms with van der Waals surface area (Å²) in [6.45, 7) is 9.52. The topological polar surface area (TPSA) is 43.4 Å². The summed E-state index contributed by atoms with van der Waals surface area (Å²) in [5.41, 5.74) is 4.11. The van der Waals surface area contributed by atoms with E-state index in [1.54, 1.807) is 24.3 Å². The summed E-state index contributed by atoms with van der Waals surface area (Å²) in [4.78, 5) is 13.0. The van der Waals surface area contributed by atoms with Crippen LogP contribution in [0.25, 0.3) is 0 Å². The first-order valence-corrected chi connectivity index (χ1v) is 8.84. The van der Waals surface area contributed by atoms with Crippen LogP contribution in [0.5, 0.6) is 0 Å². The van der Waals surface area contributed by atoms with E-state index in [9.17, 15) is 9.36 Å². The van der Waals surface area contributed by atoms with Crippen molar-refractivity contribution in [3.05, 3.63) is 64.2 Å². The van der Waals surface area contributed by atoms with Crippen molar-refractivity contribution in [1.82, 2.24) is 0 Å².